The average Bonchev–Trinajstić information content (AvgIpc) is 3.05. The van der Waals surface area contributed by atoms with Crippen LogP contribution in [0.25, 0.3) is 0 Å². The lowest BCUT2D eigenvalue weighted by Crippen LogP contribution is -2.49. The molecule has 2 aromatic rings. The maximum Gasteiger partial charge on any atom is 0.250 e. The molecule has 1 atom stereocenters. The van der Waals surface area contributed by atoms with Crippen LogP contribution in [0.5, 0.6) is 0 Å². The van der Waals surface area contributed by atoms with Gasteiger partial charge in [0.25, 0.3) is 0 Å². The summed E-state index contributed by atoms with van der Waals surface area (Å²) in [7, 11) is 0. The first kappa shape index (κ1) is 17.6. The van der Waals surface area contributed by atoms with Crippen molar-refractivity contribution in [3.8, 4) is 0 Å². The molecular formula is C18H24N4O3. The fourth-order valence-corrected chi connectivity index (χ4v) is 2.85. The minimum absolute atomic E-state index is 0.0560. The molecule has 1 fully saturated rings. The van der Waals surface area contributed by atoms with E-state index in [4.69, 9.17) is 9.26 Å². The quantitative estimate of drug-likeness (QED) is 0.763. The first-order valence-electron chi connectivity index (χ1n) is 8.65. The summed E-state index contributed by atoms with van der Waals surface area (Å²) < 4.78 is 10.7. The molecule has 134 valence electrons. The highest BCUT2D eigenvalue weighted by molar-refractivity contribution is 5.81. The van der Waals surface area contributed by atoms with Gasteiger partial charge in [-0.05, 0) is 18.9 Å². The molecule has 2 heterocycles. The van der Waals surface area contributed by atoms with E-state index in [-0.39, 0.29) is 5.91 Å². The zero-order valence-corrected chi connectivity index (χ0v) is 14.5. The predicted octanol–water partition coefficient (Wildman–Crippen LogP) is 1.33. The lowest BCUT2D eigenvalue weighted by molar-refractivity contribution is -0.138. The van der Waals surface area contributed by atoms with Gasteiger partial charge < -0.3 is 14.6 Å². The molecule has 0 bridgehead atoms. The Morgan fingerprint density at radius 1 is 1.36 bits per heavy atom. The highest BCUT2D eigenvalue weighted by Crippen LogP contribution is 2.10. The number of benzene rings is 1. The Morgan fingerprint density at radius 3 is 2.96 bits per heavy atom. The largest absolute Gasteiger partial charge is 0.366 e. The van der Waals surface area contributed by atoms with Crippen LogP contribution < -0.4 is 5.32 Å². The Kier molecular flexibility index (Phi) is 6.14. The number of carbonyl (C=O) groups excluding carboxylic acids is 1. The van der Waals surface area contributed by atoms with Gasteiger partial charge in [-0.15, -0.1) is 0 Å². The third-order valence-electron chi connectivity index (χ3n) is 4.13. The van der Waals surface area contributed by atoms with Crippen LogP contribution in [0.1, 0.15) is 23.7 Å². The normalized spacial score (nSPS) is 18.2. The molecule has 25 heavy (non-hydrogen) atoms. The number of nitrogens with zero attached hydrogens (tertiary/aromatic N) is 3. The third kappa shape index (κ3) is 5.37. The van der Waals surface area contributed by atoms with Gasteiger partial charge in [-0.1, -0.05) is 35.5 Å². The molecule has 0 aliphatic carbocycles. The van der Waals surface area contributed by atoms with E-state index >= 15 is 0 Å². The highest BCUT2D eigenvalue weighted by Gasteiger charge is 2.26. The second kappa shape index (κ2) is 8.73. The van der Waals surface area contributed by atoms with E-state index in [9.17, 15) is 4.79 Å². The average molecular weight is 344 g/mol. The van der Waals surface area contributed by atoms with Crippen LogP contribution in [-0.2, 0) is 22.5 Å². The fourth-order valence-electron chi connectivity index (χ4n) is 2.85. The van der Waals surface area contributed by atoms with Crippen LogP contribution in [0.15, 0.2) is 34.9 Å². The van der Waals surface area contributed by atoms with Gasteiger partial charge >= 0.3 is 0 Å². The molecular weight excluding hydrogens is 320 g/mol. The third-order valence-corrected chi connectivity index (χ3v) is 4.13. The number of aryl methyl sites for hydroxylation is 2. The molecule has 0 spiro atoms. The predicted molar refractivity (Wildman–Crippen MR) is 91.8 cm³/mol. The molecule has 1 aromatic carbocycles. The monoisotopic (exact) mass is 344 g/mol. The lowest BCUT2D eigenvalue weighted by atomic mass is 10.2. The van der Waals surface area contributed by atoms with Crippen LogP contribution in [0.4, 0.5) is 0 Å². The van der Waals surface area contributed by atoms with E-state index in [2.05, 4.69) is 32.5 Å². The van der Waals surface area contributed by atoms with E-state index in [0.717, 1.165) is 19.5 Å². The van der Waals surface area contributed by atoms with Gasteiger partial charge in [0, 0.05) is 32.6 Å². The molecule has 1 unspecified atom stereocenters. The molecule has 1 saturated heterocycles. The van der Waals surface area contributed by atoms with Gasteiger partial charge in [-0.25, -0.2) is 0 Å². The lowest BCUT2D eigenvalue weighted by Gasteiger charge is -2.32. The number of morpholine rings is 1. The Morgan fingerprint density at radius 2 is 2.20 bits per heavy atom. The summed E-state index contributed by atoms with van der Waals surface area (Å²) in [5.74, 6) is 1.18. The van der Waals surface area contributed by atoms with Crippen molar-refractivity contribution in [2.24, 2.45) is 0 Å². The second-order valence-corrected chi connectivity index (χ2v) is 6.21. The zero-order chi connectivity index (χ0) is 17.5. The van der Waals surface area contributed by atoms with E-state index < -0.39 is 6.10 Å². The van der Waals surface area contributed by atoms with E-state index in [0.29, 0.717) is 37.8 Å². The number of nitrogens with one attached hydrogen (secondary N) is 1. The number of aromatic nitrogens is 2. The second-order valence-electron chi connectivity index (χ2n) is 6.21. The highest BCUT2D eigenvalue weighted by atomic mass is 16.5. The van der Waals surface area contributed by atoms with Crippen molar-refractivity contribution in [3.63, 3.8) is 0 Å². The smallest absolute Gasteiger partial charge is 0.250 e. The Hall–Kier alpha value is -2.25. The Labute approximate surface area is 147 Å². The number of ether oxygens (including phenoxy) is 1. The minimum atomic E-state index is -0.414. The van der Waals surface area contributed by atoms with E-state index in [1.54, 1.807) is 6.92 Å². The molecule has 0 radical (unpaired) electrons. The number of hydrogen-bond acceptors (Lipinski definition) is 6. The topological polar surface area (TPSA) is 80.5 Å². The number of rotatable bonds is 7. The van der Waals surface area contributed by atoms with Gasteiger partial charge in [0.05, 0.1) is 6.61 Å². The summed E-state index contributed by atoms with van der Waals surface area (Å²) >= 11 is 0. The van der Waals surface area contributed by atoms with Crippen molar-refractivity contribution in [1.82, 2.24) is 20.4 Å². The van der Waals surface area contributed by atoms with Crippen LogP contribution >= 0.6 is 0 Å². The molecule has 0 saturated carbocycles. The Bertz CT molecular complexity index is 674. The van der Waals surface area contributed by atoms with Gasteiger partial charge in [0.1, 0.15) is 6.10 Å². The summed E-state index contributed by atoms with van der Waals surface area (Å²) in [6.45, 7) is 5.23. The van der Waals surface area contributed by atoms with Crippen molar-refractivity contribution in [2.45, 2.75) is 32.4 Å². The molecule has 3 rings (SSSR count). The first-order chi connectivity index (χ1) is 12.2. The van der Waals surface area contributed by atoms with Crippen LogP contribution in [0.3, 0.4) is 0 Å². The Balaban J connectivity index is 1.39. The summed E-state index contributed by atoms with van der Waals surface area (Å²) in [4.78, 5) is 18.7. The maximum absolute atomic E-state index is 12.3. The van der Waals surface area contributed by atoms with Crippen molar-refractivity contribution < 1.29 is 14.1 Å². The summed E-state index contributed by atoms with van der Waals surface area (Å²) in [5.41, 5.74) is 1.25. The maximum atomic E-state index is 12.3. The molecule has 1 aromatic heterocycles. The minimum Gasteiger partial charge on any atom is -0.366 e. The SMILES string of the molecule is Cc1noc(CCCNC(=O)C2CN(Cc3ccccc3)CCO2)n1. The molecule has 1 N–H and O–H groups in total. The van der Waals surface area contributed by atoms with E-state index in [1.807, 2.05) is 18.2 Å². The van der Waals surface area contributed by atoms with Crippen molar-refractivity contribution in [1.29, 1.82) is 0 Å². The first-order valence-corrected chi connectivity index (χ1v) is 8.65. The molecule has 1 amide bonds. The summed E-state index contributed by atoms with van der Waals surface area (Å²) in [6.07, 6.45) is 1.00. The molecule has 7 heteroatoms. The van der Waals surface area contributed by atoms with Crippen molar-refractivity contribution in [2.75, 3.05) is 26.2 Å². The van der Waals surface area contributed by atoms with Crippen LogP contribution in [-0.4, -0.2) is 53.3 Å². The van der Waals surface area contributed by atoms with Gasteiger partial charge in [0.15, 0.2) is 5.82 Å². The van der Waals surface area contributed by atoms with Crippen molar-refractivity contribution >= 4 is 5.91 Å². The molecule has 7 nitrogen and oxygen atoms in total. The van der Waals surface area contributed by atoms with Crippen molar-refractivity contribution in [3.05, 3.63) is 47.6 Å². The van der Waals surface area contributed by atoms with Crippen LogP contribution in [0.2, 0.25) is 0 Å². The standard InChI is InChI=1S/C18H24N4O3/c1-14-20-17(25-21-14)8-5-9-19-18(23)16-13-22(10-11-24-16)12-15-6-3-2-4-7-15/h2-4,6-7,16H,5,8-13H2,1H3,(H,19,23). The number of hydrogen-bond donors (Lipinski definition) is 1. The van der Waals surface area contributed by atoms with E-state index in [1.165, 1.54) is 5.56 Å². The number of amides is 1. The fraction of sp³-hybridized carbons (Fsp3) is 0.500. The zero-order valence-electron chi connectivity index (χ0n) is 14.5. The van der Waals surface area contributed by atoms with Gasteiger partial charge in [-0.2, -0.15) is 4.98 Å². The summed E-state index contributed by atoms with van der Waals surface area (Å²) in [6, 6.07) is 10.3. The summed E-state index contributed by atoms with van der Waals surface area (Å²) in [5, 5.41) is 6.68. The van der Waals surface area contributed by atoms with Gasteiger partial charge in [0.2, 0.25) is 11.8 Å². The van der Waals surface area contributed by atoms with Gasteiger partial charge in [-0.3, -0.25) is 9.69 Å². The molecule has 1 aliphatic heterocycles. The molecule has 1 aliphatic rings. The van der Waals surface area contributed by atoms with Crippen LogP contribution in [0, 0.1) is 6.92 Å². The number of carbonyl (C=O) groups is 1.